The lowest BCUT2D eigenvalue weighted by atomic mass is 9.93. The molecule has 0 bridgehead atoms. The fourth-order valence-corrected chi connectivity index (χ4v) is 6.55. The topological polar surface area (TPSA) is 211 Å². The Kier molecular flexibility index (Phi) is 12.4. The van der Waals surface area contributed by atoms with E-state index in [4.69, 9.17) is 0 Å². The smallest absolute Gasteiger partial charge is 0.270 e. The fraction of sp³-hybridized carbons (Fsp3) is 0.533. The maximum Gasteiger partial charge on any atom is 0.270 e. The van der Waals surface area contributed by atoms with E-state index in [1.54, 1.807) is 18.2 Å². The second-order valence-corrected chi connectivity index (χ2v) is 15.1. The molecule has 0 N–H and O–H groups in total. The van der Waals surface area contributed by atoms with Gasteiger partial charge in [-0.2, -0.15) is 16.8 Å². The molecule has 17 nitrogen and oxygen atoms in total. The zero-order valence-electron chi connectivity index (χ0n) is 27.2. The normalized spacial score (nSPS) is 16.9. The van der Waals surface area contributed by atoms with Crippen LogP contribution in [-0.4, -0.2) is 143 Å². The summed E-state index contributed by atoms with van der Waals surface area (Å²) in [6.07, 6.45) is 3.99. The van der Waals surface area contributed by atoms with Crippen LogP contribution < -0.4 is 0 Å². The number of nitro benzene ring substituents is 1. The summed E-state index contributed by atoms with van der Waals surface area (Å²) < 4.78 is 52.3. The molecule has 3 aliphatic heterocycles. The number of carbonyl (C=O) groups is 4. The van der Waals surface area contributed by atoms with Crippen molar-refractivity contribution in [3.63, 3.8) is 0 Å². The van der Waals surface area contributed by atoms with Crippen molar-refractivity contribution in [2.45, 2.75) is 25.7 Å². The van der Waals surface area contributed by atoms with Gasteiger partial charge in [0.15, 0.2) is 0 Å². The summed E-state index contributed by atoms with van der Waals surface area (Å²) in [7, 11) is -7.14. The van der Waals surface area contributed by atoms with Crippen LogP contribution in [0, 0.1) is 10.1 Å². The number of benzene rings is 2. The van der Waals surface area contributed by atoms with Crippen molar-refractivity contribution < 1.29 is 49.3 Å². The van der Waals surface area contributed by atoms with Gasteiger partial charge in [0.2, 0.25) is 11.8 Å². The van der Waals surface area contributed by atoms with Gasteiger partial charge in [-0.3, -0.25) is 42.6 Å². The second kappa shape index (κ2) is 16.1. The van der Waals surface area contributed by atoms with E-state index in [-0.39, 0.29) is 55.0 Å². The van der Waals surface area contributed by atoms with E-state index >= 15 is 0 Å². The van der Waals surface area contributed by atoms with Gasteiger partial charge in [0.05, 0.1) is 49.1 Å². The molecule has 2 saturated heterocycles. The molecule has 268 valence electrons. The molecule has 4 amide bonds. The molecule has 0 spiro atoms. The van der Waals surface area contributed by atoms with Crippen LogP contribution in [0.3, 0.4) is 0 Å². The molecule has 0 aromatic heterocycles. The molecular weight excluding hydrogens is 686 g/mol. The van der Waals surface area contributed by atoms with E-state index in [0.29, 0.717) is 55.6 Å². The Morgan fingerprint density at radius 2 is 1.29 bits per heavy atom. The second-order valence-electron chi connectivity index (χ2n) is 11.8. The summed E-state index contributed by atoms with van der Waals surface area (Å²) in [5.74, 6) is -1.26. The van der Waals surface area contributed by atoms with Crippen LogP contribution >= 0.6 is 0 Å². The Labute approximate surface area is 284 Å². The van der Waals surface area contributed by atoms with Crippen LogP contribution in [0.2, 0.25) is 0 Å². The number of hydrogen-bond donors (Lipinski definition) is 0. The maximum atomic E-state index is 12.9. The van der Waals surface area contributed by atoms with Crippen LogP contribution in [0.5, 0.6) is 0 Å². The maximum absolute atomic E-state index is 12.9. The molecule has 2 fully saturated rings. The number of hydrogen-bond acceptors (Lipinski definition) is 13. The standard InChI is InChI=1S/C18H17N3O4.C12H22N2O8S2/c22-17-14-5-3-4-12-10-13(21(24)25)11-15(16(12)14)18(23)20(17)9-8-19-6-1-2-7-19;1-23(17,18)21-9-3-11(15)13-5-7-14(8-6-13)12(16)4-10-22-24(2,19)20/h3-5,10-11H,1-2,6-9H2;3-10H2,1-2H3. The van der Waals surface area contributed by atoms with Crippen molar-refractivity contribution >= 4 is 60.3 Å². The lowest BCUT2D eigenvalue weighted by molar-refractivity contribution is -0.384. The Morgan fingerprint density at radius 1 is 0.776 bits per heavy atom. The Bertz CT molecular complexity index is 1760. The summed E-state index contributed by atoms with van der Waals surface area (Å²) >= 11 is 0. The summed E-state index contributed by atoms with van der Waals surface area (Å²) in [5.41, 5.74) is 0.533. The predicted octanol–water partition coefficient (Wildman–Crippen LogP) is 0.830. The first-order valence-corrected chi connectivity index (χ1v) is 19.2. The molecule has 0 unspecified atom stereocenters. The van der Waals surface area contributed by atoms with Crippen LogP contribution in [0.15, 0.2) is 30.3 Å². The third-order valence-electron chi connectivity index (χ3n) is 8.17. The summed E-state index contributed by atoms with van der Waals surface area (Å²) in [6.45, 7) is 3.80. The highest BCUT2D eigenvalue weighted by Crippen LogP contribution is 2.33. The van der Waals surface area contributed by atoms with E-state index in [1.165, 1.54) is 26.8 Å². The van der Waals surface area contributed by atoms with E-state index < -0.39 is 31.1 Å². The molecule has 49 heavy (non-hydrogen) atoms. The van der Waals surface area contributed by atoms with Crippen molar-refractivity contribution in [2.75, 3.05) is 78.1 Å². The van der Waals surface area contributed by atoms with Gasteiger partial charge in [-0.05, 0) is 37.4 Å². The number of amides is 4. The number of rotatable bonds is 12. The largest absolute Gasteiger partial charge is 0.339 e. The highest BCUT2D eigenvalue weighted by atomic mass is 32.2. The average molecular weight is 726 g/mol. The van der Waals surface area contributed by atoms with Gasteiger partial charge in [-0.25, -0.2) is 0 Å². The summed E-state index contributed by atoms with van der Waals surface area (Å²) in [4.78, 5) is 66.6. The summed E-state index contributed by atoms with van der Waals surface area (Å²) in [6, 6.07) is 7.74. The van der Waals surface area contributed by atoms with Crippen LogP contribution in [0.1, 0.15) is 46.4 Å². The number of non-ortho nitro benzene ring substituents is 1. The number of piperazine rings is 1. The lowest BCUT2D eigenvalue weighted by Crippen LogP contribution is -2.50. The van der Waals surface area contributed by atoms with Gasteiger partial charge < -0.3 is 14.7 Å². The molecule has 2 aromatic rings. The lowest BCUT2D eigenvalue weighted by Gasteiger charge is -2.34. The number of nitrogens with zero attached hydrogens (tertiary/aromatic N) is 5. The minimum absolute atomic E-state index is 0.0524. The monoisotopic (exact) mass is 725 g/mol. The molecule has 3 heterocycles. The zero-order chi connectivity index (χ0) is 35.9. The first-order chi connectivity index (χ1) is 23.0. The van der Waals surface area contributed by atoms with E-state index in [1.807, 2.05) is 0 Å². The number of carbonyl (C=O) groups excluding carboxylic acids is 4. The molecule has 0 radical (unpaired) electrons. The van der Waals surface area contributed by atoms with E-state index in [0.717, 1.165) is 38.4 Å². The van der Waals surface area contributed by atoms with Gasteiger partial charge in [0.1, 0.15) is 0 Å². The molecule has 0 aliphatic carbocycles. The highest BCUT2D eigenvalue weighted by molar-refractivity contribution is 7.86. The first kappa shape index (κ1) is 37.8. The number of imide groups is 1. The molecule has 19 heteroatoms. The van der Waals surface area contributed by atoms with Gasteiger partial charge in [-0.15, -0.1) is 0 Å². The minimum Gasteiger partial charge on any atom is -0.339 e. The average Bonchev–Trinajstić information content (AvgIpc) is 3.56. The highest BCUT2D eigenvalue weighted by Gasteiger charge is 2.34. The number of nitro groups is 1. The van der Waals surface area contributed by atoms with E-state index in [9.17, 15) is 46.1 Å². The molecule has 5 rings (SSSR count). The molecular formula is C30H39N5O12S2. The third-order valence-corrected chi connectivity index (χ3v) is 9.36. The molecule has 0 atom stereocenters. The van der Waals surface area contributed by atoms with Crippen molar-refractivity contribution in [1.82, 2.24) is 19.6 Å². The van der Waals surface area contributed by atoms with Gasteiger partial charge in [-0.1, -0.05) is 12.1 Å². The quantitative estimate of drug-likeness (QED) is 0.129. The Balaban J connectivity index is 0.000000221. The van der Waals surface area contributed by atoms with Gasteiger partial charge in [0.25, 0.3) is 37.7 Å². The third kappa shape index (κ3) is 10.5. The molecule has 3 aliphatic rings. The van der Waals surface area contributed by atoms with Gasteiger partial charge in [0, 0.05) is 62.4 Å². The Hall–Kier alpha value is -4.04. The molecule has 2 aromatic carbocycles. The Morgan fingerprint density at radius 3 is 1.78 bits per heavy atom. The van der Waals surface area contributed by atoms with Crippen molar-refractivity contribution in [3.8, 4) is 0 Å². The van der Waals surface area contributed by atoms with E-state index in [2.05, 4.69) is 13.3 Å². The SMILES string of the molecule is CS(=O)(=O)OCCC(=O)N1CCN(C(=O)CCOS(C)(=O)=O)CC1.O=C1c2cccc3cc([N+](=O)[O-])cc(c23)C(=O)N1CCN1CCCC1. The predicted molar refractivity (Wildman–Crippen MR) is 176 cm³/mol. The van der Waals surface area contributed by atoms with Crippen molar-refractivity contribution in [3.05, 3.63) is 51.6 Å². The first-order valence-electron chi connectivity index (χ1n) is 15.6. The van der Waals surface area contributed by atoms with Crippen LogP contribution in [-0.2, 0) is 38.2 Å². The number of likely N-dealkylation sites (tertiary alicyclic amines) is 1. The fourth-order valence-electron chi connectivity index (χ4n) is 5.78. The van der Waals surface area contributed by atoms with Crippen LogP contribution in [0.4, 0.5) is 5.69 Å². The van der Waals surface area contributed by atoms with Gasteiger partial charge >= 0.3 is 0 Å². The van der Waals surface area contributed by atoms with Crippen LogP contribution in [0.25, 0.3) is 10.8 Å². The van der Waals surface area contributed by atoms with Crippen molar-refractivity contribution in [1.29, 1.82) is 0 Å². The zero-order valence-corrected chi connectivity index (χ0v) is 28.9. The summed E-state index contributed by atoms with van der Waals surface area (Å²) in [5, 5.41) is 12.2. The minimum atomic E-state index is -3.57. The molecule has 0 saturated carbocycles. The van der Waals surface area contributed by atoms with Crippen molar-refractivity contribution in [2.24, 2.45) is 0 Å².